The van der Waals surface area contributed by atoms with E-state index in [1.54, 1.807) is 18.2 Å². The van der Waals surface area contributed by atoms with Crippen LogP contribution in [0.2, 0.25) is 0 Å². The molecule has 0 aromatic heterocycles. The molecule has 0 heterocycles. The molecular formula is C9H11NO3S. The van der Waals surface area contributed by atoms with Crippen LogP contribution in [0.1, 0.15) is 0 Å². The normalized spacial score (nSPS) is 12.1. The van der Waals surface area contributed by atoms with E-state index in [1.165, 1.54) is 5.06 Å². The second-order valence-electron chi connectivity index (χ2n) is 2.48. The second kappa shape index (κ2) is 5.54. The highest BCUT2D eigenvalue weighted by molar-refractivity contribution is 7.74. The Balaban J connectivity index is 2.77. The van der Waals surface area contributed by atoms with Crippen molar-refractivity contribution < 1.29 is 13.0 Å². The number of para-hydroxylation sites is 1. The van der Waals surface area contributed by atoms with Gasteiger partial charge in [-0.1, -0.05) is 24.3 Å². The molecule has 0 aliphatic carbocycles. The molecule has 76 valence electrons. The van der Waals surface area contributed by atoms with Gasteiger partial charge in [-0.25, -0.2) is 5.06 Å². The number of hydroxylamine groups is 1. The SMILES string of the molecule is C=CCN(OS(=O)O)c1ccccc1. The van der Waals surface area contributed by atoms with Crippen molar-refractivity contribution in [3.63, 3.8) is 0 Å². The Morgan fingerprint density at radius 1 is 1.50 bits per heavy atom. The quantitative estimate of drug-likeness (QED) is 0.460. The highest BCUT2D eigenvalue weighted by atomic mass is 32.2. The van der Waals surface area contributed by atoms with Gasteiger partial charge in [0.05, 0.1) is 12.2 Å². The van der Waals surface area contributed by atoms with Crippen LogP contribution in [-0.4, -0.2) is 15.3 Å². The minimum atomic E-state index is -2.32. The molecule has 0 saturated carbocycles. The monoisotopic (exact) mass is 213 g/mol. The zero-order chi connectivity index (χ0) is 10.4. The molecule has 0 fully saturated rings. The summed E-state index contributed by atoms with van der Waals surface area (Å²) in [6.07, 6.45) is 1.58. The maximum atomic E-state index is 10.5. The summed E-state index contributed by atoms with van der Waals surface area (Å²) in [5.41, 5.74) is 0.704. The van der Waals surface area contributed by atoms with Gasteiger partial charge in [0.2, 0.25) is 0 Å². The van der Waals surface area contributed by atoms with Crippen LogP contribution < -0.4 is 5.06 Å². The number of hydrogen-bond acceptors (Lipinski definition) is 3. The van der Waals surface area contributed by atoms with Gasteiger partial charge in [0.15, 0.2) is 0 Å². The first kappa shape index (κ1) is 10.9. The van der Waals surface area contributed by atoms with Crippen molar-refractivity contribution in [2.24, 2.45) is 0 Å². The molecule has 14 heavy (non-hydrogen) atoms. The largest absolute Gasteiger partial charge is 0.325 e. The third kappa shape index (κ3) is 3.29. The van der Waals surface area contributed by atoms with Crippen LogP contribution in [0, 0.1) is 0 Å². The van der Waals surface area contributed by atoms with E-state index in [9.17, 15) is 4.21 Å². The lowest BCUT2D eigenvalue weighted by Crippen LogP contribution is -2.24. The van der Waals surface area contributed by atoms with Crippen LogP contribution in [0.15, 0.2) is 43.0 Å². The molecule has 1 rings (SSSR count). The zero-order valence-corrected chi connectivity index (χ0v) is 8.31. The summed E-state index contributed by atoms with van der Waals surface area (Å²) in [7, 11) is 0. The summed E-state index contributed by atoms with van der Waals surface area (Å²) in [5.74, 6) is 0. The average Bonchev–Trinajstić information content (AvgIpc) is 2.18. The van der Waals surface area contributed by atoms with Crippen molar-refractivity contribution >= 4 is 17.0 Å². The Labute approximate surface area is 85.3 Å². The molecular weight excluding hydrogens is 202 g/mol. The molecule has 0 aliphatic rings. The van der Waals surface area contributed by atoms with E-state index >= 15 is 0 Å². The van der Waals surface area contributed by atoms with Gasteiger partial charge in [0.25, 0.3) is 0 Å². The first-order valence-corrected chi connectivity index (χ1v) is 5.00. The fraction of sp³-hybridized carbons (Fsp3) is 0.111. The van der Waals surface area contributed by atoms with E-state index in [-0.39, 0.29) is 0 Å². The summed E-state index contributed by atoms with van der Waals surface area (Å²) in [6, 6.07) is 9.03. The maximum Gasteiger partial charge on any atom is 0.325 e. The number of anilines is 1. The molecule has 0 bridgehead atoms. The number of nitrogens with zero attached hydrogens (tertiary/aromatic N) is 1. The Hall–Kier alpha value is -1.17. The van der Waals surface area contributed by atoms with Crippen LogP contribution >= 0.6 is 0 Å². The van der Waals surface area contributed by atoms with Crippen LogP contribution in [0.25, 0.3) is 0 Å². The smallest absolute Gasteiger partial charge is 0.282 e. The van der Waals surface area contributed by atoms with Gasteiger partial charge in [0.1, 0.15) is 0 Å². The van der Waals surface area contributed by atoms with Crippen molar-refractivity contribution in [1.29, 1.82) is 0 Å². The van der Waals surface area contributed by atoms with E-state index in [1.807, 2.05) is 18.2 Å². The van der Waals surface area contributed by atoms with Crippen LogP contribution in [0.4, 0.5) is 5.69 Å². The first-order valence-electron chi connectivity index (χ1n) is 3.97. The number of hydrogen-bond donors (Lipinski definition) is 1. The van der Waals surface area contributed by atoms with E-state index in [0.717, 1.165) is 0 Å². The number of benzene rings is 1. The lowest BCUT2D eigenvalue weighted by atomic mass is 10.3. The average molecular weight is 213 g/mol. The van der Waals surface area contributed by atoms with Gasteiger partial charge in [-0.05, 0) is 12.1 Å². The third-order valence-corrected chi connectivity index (χ3v) is 1.80. The zero-order valence-electron chi connectivity index (χ0n) is 7.50. The molecule has 1 atom stereocenters. The summed E-state index contributed by atoms with van der Waals surface area (Å²) in [4.78, 5) is 0. The van der Waals surface area contributed by atoms with E-state index in [2.05, 4.69) is 10.9 Å². The summed E-state index contributed by atoms with van der Waals surface area (Å²) in [6.45, 7) is 3.87. The fourth-order valence-electron chi connectivity index (χ4n) is 0.967. The summed E-state index contributed by atoms with van der Waals surface area (Å²) >= 11 is -2.32. The lowest BCUT2D eigenvalue weighted by Gasteiger charge is -2.18. The minimum absolute atomic E-state index is 0.344. The molecule has 0 aliphatic heterocycles. The predicted octanol–water partition coefficient (Wildman–Crippen LogP) is 1.75. The summed E-state index contributed by atoms with van der Waals surface area (Å²) in [5, 5.41) is 1.29. The van der Waals surface area contributed by atoms with Crippen molar-refractivity contribution in [1.82, 2.24) is 0 Å². The fourth-order valence-corrected chi connectivity index (χ4v) is 1.27. The van der Waals surface area contributed by atoms with Gasteiger partial charge in [-0.3, -0.25) is 4.55 Å². The van der Waals surface area contributed by atoms with Crippen molar-refractivity contribution in [3.05, 3.63) is 43.0 Å². The maximum absolute atomic E-state index is 10.5. The minimum Gasteiger partial charge on any atom is -0.282 e. The highest BCUT2D eigenvalue weighted by Gasteiger charge is 2.07. The van der Waals surface area contributed by atoms with E-state index < -0.39 is 11.4 Å². The highest BCUT2D eigenvalue weighted by Crippen LogP contribution is 2.13. The molecule has 5 heteroatoms. The van der Waals surface area contributed by atoms with Crippen molar-refractivity contribution in [2.45, 2.75) is 0 Å². The molecule has 4 nitrogen and oxygen atoms in total. The topological polar surface area (TPSA) is 49.8 Å². The van der Waals surface area contributed by atoms with Gasteiger partial charge in [0, 0.05) is 0 Å². The molecule has 1 N–H and O–H groups in total. The second-order valence-corrected chi connectivity index (χ2v) is 3.06. The predicted molar refractivity (Wildman–Crippen MR) is 55.8 cm³/mol. The standard InChI is InChI=1S/C9H11NO3S/c1-2-8-10(13-14(11)12)9-6-4-3-5-7-9/h2-7H,1,8H2,(H,11,12). The van der Waals surface area contributed by atoms with Gasteiger partial charge >= 0.3 is 11.4 Å². The van der Waals surface area contributed by atoms with Gasteiger partial charge < -0.3 is 0 Å². The molecule has 1 aromatic carbocycles. The number of rotatable bonds is 5. The van der Waals surface area contributed by atoms with Crippen LogP contribution in [0.5, 0.6) is 0 Å². The molecule has 0 amide bonds. The summed E-state index contributed by atoms with van der Waals surface area (Å²) < 4.78 is 23.7. The van der Waals surface area contributed by atoms with Crippen molar-refractivity contribution in [2.75, 3.05) is 11.6 Å². The Morgan fingerprint density at radius 2 is 2.14 bits per heavy atom. The Morgan fingerprint density at radius 3 is 2.64 bits per heavy atom. The van der Waals surface area contributed by atoms with Gasteiger partial charge in [-0.15, -0.1) is 10.9 Å². The molecule has 0 radical (unpaired) electrons. The Kier molecular flexibility index (Phi) is 4.31. The van der Waals surface area contributed by atoms with Crippen LogP contribution in [-0.2, 0) is 15.6 Å². The van der Waals surface area contributed by atoms with Crippen molar-refractivity contribution in [3.8, 4) is 0 Å². The molecule has 1 aromatic rings. The Bertz CT molecular complexity index is 315. The molecule has 0 spiro atoms. The van der Waals surface area contributed by atoms with Gasteiger partial charge in [-0.2, -0.15) is 4.21 Å². The first-order chi connectivity index (χ1) is 6.74. The third-order valence-electron chi connectivity index (χ3n) is 1.49. The van der Waals surface area contributed by atoms with E-state index in [4.69, 9.17) is 4.55 Å². The van der Waals surface area contributed by atoms with Crippen LogP contribution in [0.3, 0.4) is 0 Å². The van der Waals surface area contributed by atoms with E-state index in [0.29, 0.717) is 12.2 Å². The lowest BCUT2D eigenvalue weighted by molar-refractivity contribution is 0.284. The molecule has 0 saturated heterocycles. The molecule has 1 unspecified atom stereocenters.